The number of aromatic amines is 1. The van der Waals surface area contributed by atoms with Gasteiger partial charge >= 0.3 is 0 Å². The van der Waals surface area contributed by atoms with Crippen molar-refractivity contribution in [2.75, 3.05) is 17.7 Å². The molecule has 3 rings (SSSR count). The molecule has 118 valence electrons. The second kappa shape index (κ2) is 5.56. The number of rotatable bonds is 3. The molecule has 1 aromatic carbocycles. The molecule has 0 fully saturated rings. The maximum absolute atomic E-state index is 13.6. The third-order valence-corrected chi connectivity index (χ3v) is 3.39. The molecule has 3 aromatic rings. The third kappa shape index (κ3) is 2.78. The number of fused-ring (bicyclic) bond motifs is 1. The van der Waals surface area contributed by atoms with Crippen LogP contribution in [0.1, 0.15) is 10.4 Å². The van der Waals surface area contributed by atoms with Crippen LogP contribution in [0.15, 0.2) is 35.3 Å². The zero-order valence-electron chi connectivity index (χ0n) is 12.5. The molecule has 7 nitrogen and oxygen atoms in total. The number of pyridine rings is 1. The lowest BCUT2D eigenvalue weighted by molar-refractivity contribution is 0.102. The average Bonchev–Trinajstić information content (AvgIpc) is 2.91. The molecule has 0 aliphatic carbocycles. The van der Waals surface area contributed by atoms with Crippen LogP contribution in [0, 0.1) is 5.82 Å². The highest BCUT2D eigenvalue weighted by atomic mass is 19.1. The number of aromatic nitrogens is 3. The first-order valence-electron chi connectivity index (χ1n) is 6.83. The molecule has 0 bridgehead atoms. The van der Waals surface area contributed by atoms with E-state index in [2.05, 4.69) is 20.7 Å². The van der Waals surface area contributed by atoms with Crippen LogP contribution in [0.25, 0.3) is 10.9 Å². The number of nitrogens with zero attached hydrogens (tertiary/aromatic N) is 2. The maximum atomic E-state index is 13.6. The zero-order chi connectivity index (χ0) is 16.6. The van der Waals surface area contributed by atoms with Gasteiger partial charge in [-0.15, -0.1) is 0 Å². The van der Waals surface area contributed by atoms with E-state index in [1.165, 1.54) is 22.9 Å². The van der Waals surface area contributed by atoms with Gasteiger partial charge in [-0.1, -0.05) is 0 Å². The summed E-state index contributed by atoms with van der Waals surface area (Å²) in [5.74, 6) is -0.751. The lowest BCUT2D eigenvalue weighted by atomic mass is 10.1. The molecule has 23 heavy (non-hydrogen) atoms. The summed E-state index contributed by atoms with van der Waals surface area (Å²) in [5, 5.41) is 9.76. The van der Waals surface area contributed by atoms with Crippen LogP contribution >= 0.6 is 0 Å². The number of benzene rings is 1. The number of carbonyl (C=O) groups excluding carboxylic acids is 1. The molecule has 3 N–H and O–H groups in total. The van der Waals surface area contributed by atoms with Crippen molar-refractivity contribution in [3.05, 3.63) is 52.2 Å². The maximum Gasteiger partial charge on any atom is 0.262 e. The monoisotopic (exact) mass is 315 g/mol. The van der Waals surface area contributed by atoms with Crippen LogP contribution in [0.4, 0.5) is 15.9 Å². The SMILES string of the molecule is CNc1cc(F)cc2cc(C(=O)Nc3ccn(C)n3)c(=O)[nH]c12. The van der Waals surface area contributed by atoms with Crippen molar-refractivity contribution in [1.82, 2.24) is 14.8 Å². The standard InChI is InChI=1S/C15H14FN5O2/c1-17-11-7-9(16)5-8-6-10(15(23)19-13(8)11)14(22)18-12-3-4-21(2)20-12/h3-7,17H,1-2H3,(H,19,23)(H,18,20,22). The van der Waals surface area contributed by atoms with E-state index in [9.17, 15) is 14.0 Å². The van der Waals surface area contributed by atoms with Crippen LogP contribution in [-0.2, 0) is 7.05 Å². The van der Waals surface area contributed by atoms with Gasteiger partial charge in [0.25, 0.3) is 11.5 Å². The van der Waals surface area contributed by atoms with Crippen molar-refractivity contribution >= 4 is 28.3 Å². The summed E-state index contributed by atoms with van der Waals surface area (Å²) in [6, 6.07) is 5.48. The van der Waals surface area contributed by atoms with Gasteiger partial charge in [0.15, 0.2) is 5.82 Å². The van der Waals surface area contributed by atoms with E-state index in [1.807, 2.05) is 0 Å². The number of hydrogen-bond acceptors (Lipinski definition) is 4. The van der Waals surface area contributed by atoms with Crippen LogP contribution < -0.4 is 16.2 Å². The van der Waals surface area contributed by atoms with E-state index < -0.39 is 17.3 Å². The second-order valence-corrected chi connectivity index (χ2v) is 5.01. The highest BCUT2D eigenvalue weighted by Crippen LogP contribution is 2.22. The van der Waals surface area contributed by atoms with Crippen molar-refractivity contribution in [3.8, 4) is 0 Å². The highest BCUT2D eigenvalue weighted by molar-refractivity contribution is 6.06. The van der Waals surface area contributed by atoms with Crippen LogP contribution in [0.5, 0.6) is 0 Å². The van der Waals surface area contributed by atoms with Crippen molar-refractivity contribution in [1.29, 1.82) is 0 Å². The molecule has 0 aliphatic rings. The van der Waals surface area contributed by atoms with E-state index in [-0.39, 0.29) is 5.56 Å². The summed E-state index contributed by atoms with van der Waals surface area (Å²) >= 11 is 0. The summed E-state index contributed by atoms with van der Waals surface area (Å²) in [7, 11) is 3.33. The van der Waals surface area contributed by atoms with Gasteiger partial charge in [-0.3, -0.25) is 14.3 Å². The van der Waals surface area contributed by atoms with Crippen molar-refractivity contribution < 1.29 is 9.18 Å². The predicted octanol–water partition coefficient (Wildman–Crippen LogP) is 1.69. The van der Waals surface area contributed by atoms with Gasteiger partial charge in [0.05, 0.1) is 11.2 Å². The molecule has 0 atom stereocenters. The Balaban J connectivity index is 2.05. The Bertz CT molecular complexity index is 960. The second-order valence-electron chi connectivity index (χ2n) is 5.01. The Labute approximate surface area is 130 Å². The minimum Gasteiger partial charge on any atom is -0.386 e. The van der Waals surface area contributed by atoms with Crippen molar-refractivity contribution in [2.24, 2.45) is 7.05 Å². The Hall–Kier alpha value is -3.16. The van der Waals surface area contributed by atoms with E-state index in [1.54, 1.807) is 26.4 Å². The molecule has 0 aliphatic heterocycles. The normalized spacial score (nSPS) is 10.7. The fourth-order valence-electron chi connectivity index (χ4n) is 2.31. The highest BCUT2D eigenvalue weighted by Gasteiger charge is 2.15. The molecule has 0 radical (unpaired) electrons. The fourth-order valence-corrected chi connectivity index (χ4v) is 2.31. The zero-order valence-corrected chi connectivity index (χ0v) is 12.5. The van der Waals surface area contributed by atoms with E-state index >= 15 is 0 Å². The first-order chi connectivity index (χ1) is 11.0. The molecule has 1 amide bonds. The average molecular weight is 315 g/mol. The molecular formula is C15H14FN5O2. The van der Waals surface area contributed by atoms with E-state index in [4.69, 9.17) is 0 Å². The van der Waals surface area contributed by atoms with Crippen molar-refractivity contribution in [3.63, 3.8) is 0 Å². The summed E-state index contributed by atoms with van der Waals surface area (Å²) < 4.78 is 15.1. The molecule has 0 saturated carbocycles. The Kier molecular flexibility index (Phi) is 3.57. The van der Waals surface area contributed by atoms with Crippen LogP contribution in [0.3, 0.4) is 0 Å². The molecule has 0 spiro atoms. The number of nitrogens with one attached hydrogen (secondary N) is 3. The summed E-state index contributed by atoms with van der Waals surface area (Å²) in [5.41, 5.74) is 0.201. The van der Waals surface area contributed by atoms with Gasteiger partial charge in [-0.2, -0.15) is 5.10 Å². The first kappa shape index (κ1) is 14.8. The number of hydrogen-bond donors (Lipinski definition) is 3. The van der Waals surface area contributed by atoms with E-state index in [0.717, 1.165) is 0 Å². The molecule has 0 unspecified atom stereocenters. The number of halogens is 1. The molecular weight excluding hydrogens is 301 g/mol. The first-order valence-corrected chi connectivity index (χ1v) is 6.83. The largest absolute Gasteiger partial charge is 0.386 e. The fraction of sp³-hybridized carbons (Fsp3) is 0.133. The number of carbonyl (C=O) groups is 1. The number of anilines is 2. The van der Waals surface area contributed by atoms with Gasteiger partial charge in [0.1, 0.15) is 11.4 Å². The minimum absolute atomic E-state index is 0.115. The molecule has 0 saturated heterocycles. The van der Waals surface area contributed by atoms with Gasteiger partial charge in [0.2, 0.25) is 0 Å². The minimum atomic E-state index is -0.609. The van der Waals surface area contributed by atoms with Gasteiger partial charge < -0.3 is 15.6 Å². The summed E-state index contributed by atoms with van der Waals surface area (Å²) in [6.45, 7) is 0. The van der Waals surface area contributed by atoms with Gasteiger partial charge in [-0.05, 0) is 18.2 Å². The quantitative estimate of drug-likeness (QED) is 0.686. The summed E-state index contributed by atoms with van der Waals surface area (Å²) in [4.78, 5) is 27.0. The van der Waals surface area contributed by atoms with Crippen LogP contribution in [0.2, 0.25) is 0 Å². The Morgan fingerprint density at radius 1 is 1.35 bits per heavy atom. The molecule has 2 aromatic heterocycles. The number of aryl methyl sites for hydroxylation is 1. The third-order valence-electron chi connectivity index (χ3n) is 3.39. The Morgan fingerprint density at radius 3 is 2.78 bits per heavy atom. The smallest absolute Gasteiger partial charge is 0.262 e. The summed E-state index contributed by atoms with van der Waals surface area (Å²) in [6.07, 6.45) is 1.66. The predicted molar refractivity (Wildman–Crippen MR) is 85.2 cm³/mol. The lowest BCUT2D eigenvalue weighted by Gasteiger charge is -2.08. The van der Waals surface area contributed by atoms with Gasteiger partial charge in [-0.25, -0.2) is 4.39 Å². The lowest BCUT2D eigenvalue weighted by Crippen LogP contribution is -2.23. The van der Waals surface area contributed by atoms with E-state index in [0.29, 0.717) is 22.4 Å². The molecule has 8 heteroatoms. The molecule has 2 heterocycles. The van der Waals surface area contributed by atoms with Crippen LogP contribution in [-0.4, -0.2) is 27.7 Å². The Morgan fingerprint density at radius 2 is 2.13 bits per heavy atom. The topological polar surface area (TPSA) is 91.8 Å². The van der Waals surface area contributed by atoms with Gasteiger partial charge in [0, 0.05) is 31.7 Å². The van der Waals surface area contributed by atoms with Crippen molar-refractivity contribution in [2.45, 2.75) is 0 Å². The number of amides is 1. The number of H-pyrrole nitrogens is 1.